The molecule has 0 fully saturated rings. The van der Waals surface area contributed by atoms with Gasteiger partial charge in [-0.3, -0.25) is 19.5 Å². The molecule has 0 atom stereocenters. The third kappa shape index (κ3) is 6.49. The fourth-order valence-electron chi connectivity index (χ4n) is 3.39. The maximum Gasteiger partial charge on any atom is 0.269 e. The van der Waals surface area contributed by atoms with Gasteiger partial charge in [0, 0.05) is 28.0 Å². The van der Waals surface area contributed by atoms with Crippen LogP contribution in [0.2, 0.25) is 0 Å². The Morgan fingerprint density at radius 3 is 2.33 bits per heavy atom. The van der Waals surface area contributed by atoms with Gasteiger partial charge in [0.2, 0.25) is 5.91 Å². The fraction of sp³-hybridized carbons (Fsp3) is 0.160. The molecule has 0 saturated heterocycles. The van der Waals surface area contributed by atoms with Crippen LogP contribution in [-0.4, -0.2) is 32.7 Å². The molecule has 0 saturated carbocycles. The number of aromatic nitrogens is 3. The van der Waals surface area contributed by atoms with Gasteiger partial charge in [0.15, 0.2) is 11.0 Å². The van der Waals surface area contributed by atoms with Crippen molar-refractivity contribution in [3.8, 4) is 11.4 Å². The molecule has 0 spiro atoms. The number of thioether (sulfide) groups is 1. The molecule has 36 heavy (non-hydrogen) atoms. The SMILES string of the molecule is COc1ccc(CC(=O)NCc2nnc(SCc3ccc(Br)cc3)n2-c2ccc([N+](=O)[O-])cc2)cc1. The first-order valence-electron chi connectivity index (χ1n) is 10.9. The third-order valence-electron chi connectivity index (χ3n) is 5.27. The van der Waals surface area contributed by atoms with Gasteiger partial charge in [0.05, 0.1) is 25.0 Å². The second kappa shape index (κ2) is 11.8. The quantitative estimate of drug-likeness (QED) is 0.161. The van der Waals surface area contributed by atoms with Crippen molar-refractivity contribution < 1.29 is 14.5 Å². The summed E-state index contributed by atoms with van der Waals surface area (Å²) in [5.74, 6) is 1.73. The van der Waals surface area contributed by atoms with Crippen molar-refractivity contribution in [3.63, 3.8) is 0 Å². The van der Waals surface area contributed by atoms with E-state index in [1.165, 1.54) is 23.9 Å². The third-order valence-corrected chi connectivity index (χ3v) is 6.80. The highest BCUT2D eigenvalue weighted by Gasteiger charge is 2.17. The predicted molar refractivity (Wildman–Crippen MR) is 140 cm³/mol. The Balaban J connectivity index is 1.51. The number of non-ortho nitro benzene ring substituents is 1. The summed E-state index contributed by atoms with van der Waals surface area (Å²) in [6, 6.07) is 21.4. The number of hydrogen-bond donors (Lipinski definition) is 1. The Bertz CT molecular complexity index is 1340. The van der Waals surface area contributed by atoms with Gasteiger partial charge in [-0.2, -0.15) is 0 Å². The minimum absolute atomic E-state index is 0.00904. The molecule has 3 aromatic carbocycles. The molecule has 4 aromatic rings. The van der Waals surface area contributed by atoms with Crippen LogP contribution in [-0.2, 0) is 23.5 Å². The summed E-state index contributed by atoms with van der Waals surface area (Å²) in [6.45, 7) is 0.151. The van der Waals surface area contributed by atoms with E-state index in [2.05, 4.69) is 31.4 Å². The van der Waals surface area contributed by atoms with Crippen LogP contribution in [0, 0.1) is 10.1 Å². The number of methoxy groups -OCH3 is 1. The average molecular weight is 568 g/mol. The van der Waals surface area contributed by atoms with Crippen LogP contribution < -0.4 is 10.1 Å². The van der Waals surface area contributed by atoms with Crippen molar-refractivity contribution >= 4 is 39.3 Å². The molecule has 4 rings (SSSR count). The van der Waals surface area contributed by atoms with Crippen LogP contribution in [0.25, 0.3) is 5.69 Å². The Hall–Kier alpha value is -3.70. The van der Waals surface area contributed by atoms with Gasteiger partial charge in [0.1, 0.15) is 5.75 Å². The normalized spacial score (nSPS) is 10.7. The Morgan fingerprint density at radius 2 is 1.69 bits per heavy atom. The van der Waals surface area contributed by atoms with Crippen molar-refractivity contribution in [3.05, 3.63) is 104 Å². The lowest BCUT2D eigenvalue weighted by atomic mass is 10.1. The fourth-order valence-corrected chi connectivity index (χ4v) is 4.58. The minimum atomic E-state index is -0.445. The number of nitrogens with one attached hydrogen (secondary N) is 1. The van der Waals surface area contributed by atoms with E-state index in [1.54, 1.807) is 23.8 Å². The molecule has 0 radical (unpaired) electrons. The lowest BCUT2D eigenvalue weighted by Crippen LogP contribution is -2.26. The number of nitrogens with zero attached hydrogens (tertiary/aromatic N) is 4. The van der Waals surface area contributed by atoms with Crippen LogP contribution in [0.4, 0.5) is 5.69 Å². The highest BCUT2D eigenvalue weighted by atomic mass is 79.9. The van der Waals surface area contributed by atoms with Gasteiger partial charge in [-0.25, -0.2) is 0 Å². The molecule has 9 nitrogen and oxygen atoms in total. The van der Waals surface area contributed by atoms with E-state index in [4.69, 9.17) is 4.74 Å². The number of nitro benzene ring substituents is 1. The largest absolute Gasteiger partial charge is 0.497 e. The molecule has 0 bridgehead atoms. The molecule has 1 heterocycles. The predicted octanol–water partition coefficient (Wildman–Crippen LogP) is 5.10. The van der Waals surface area contributed by atoms with Gasteiger partial charge in [-0.1, -0.05) is 52.0 Å². The van der Waals surface area contributed by atoms with Crippen molar-refractivity contribution in [1.29, 1.82) is 0 Å². The van der Waals surface area contributed by atoms with E-state index in [9.17, 15) is 14.9 Å². The lowest BCUT2D eigenvalue weighted by Gasteiger charge is -2.11. The summed E-state index contributed by atoms with van der Waals surface area (Å²) in [5.41, 5.74) is 2.63. The van der Waals surface area contributed by atoms with Crippen molar-refractivity contribution in [1.82, 2.24) is 20.1 Å². The zero-order valence-electron chi connectivity index (χ0n) is 19.3. The lowest BCUT2D eigenvalue weighted by molar-refractivity contribution is -0.384. The molecule has 0 aliphatic carbocycles. The summed E-state index contributed by atoms with van der Waals surface area (Å²) >= 11 is 4.93. The van der Waals surface area contributed by atoms with E-state index in [1.807, 2.05) is 48.5 Å². The standard InChI is InChI=1S/C25H22BrN5O4S/c1-35-22-12-4-17(5-13-22)14-24(32)27-15-23-28-29-25(36-16-18-2-6-19(26)7-3-18)30(23)20-8-10-21(11-9-20)31(33)34/h2-13H,14-16H2,1H3,(H,27,32). The van der Waals surface area contributed by atoms with Crippen LogP contribution in [0.15, 0.2) is 82.4 Å². The summed E-state index contributed by atoms with van der Waals surface area (Å²) in [7, 11) is 1.59. The van der Waals surface area contributed by atoms with Crippen molar-refractivity contribution in [2.75, 3.05) is 7.11 Å². The van der Waals surface area contributed by atoms with Crippen LogP contribution in [0.1, 0.15) is 17.0 Å². The molecule has 1 amide bonds. The summed E-state index contributed by atoms with van der Waals surface area (Å²) in [6.07, 6.45) is 0.209. The van der Waals surface area contributed by atoms with E-state index in [0.717, 1.165) is 21.3 Å². The first-order valence-corrected chi connectivity index (χ1v) is 12.7. The number of carbonyl (C=O) groups excluding carboxylic acids is 1. The van der Waals surface area contributed by atoms with E-state index in [-0.39, 0.29) is 24.6 Å². The van der Waals surface area contributed by atoms with Gasteiger partial charge in [0.25, 0.3) is 5.69 Å². The Labute approximate surface area is 220 Å². The van der Waals surface area contributed by atoms with E-state index >= 15 is 0 Å². The van der Waals surface area contributed by atoms with Gasteiger partial charge >= 0.3 is 0 Å². The maximum absolute atomic E-state index is 12.6. The number of benzene rings is 3. The molecule has 1 aromatic heterocycles. The number of ether oxygens (including phenoxy) is 1. The monoisotopic (exact) mass is 567 g/mol. The Morgan fingerprint density at radius 1 is 1.03 bits per heavy atom. The highest BCUT2D eigenvalue weighted by molar-refractivity contribution is 9.10. The van der Waals surface area contributed by atoms with E-state index < -0.39 is 4.92 Å². The molecule has 11 heteroatoms. The zero-order valence-corrected chi connectivity index (χ0v) is 21.7. The topological polar surface area (TPSA) is 112 Å². The number of halogens is 1. The number of rotatable bonds is 10. The average Bonchev–Trinajstić information content (AvgIpc) is 3.30. The van der Waals surface area contributed by atoms with E-state index in [0.29, 0.717) is 22.4 Å². The Kier molecular flexibility index (Phi) is 8.34. The van der Waals surface area contributed by atoms with Crippen LogP contribution in [0.3, 0.4) is 0 Å². The second-order valence-electron chi connectivity index (χ2n) is 7.72. The minimum Gasteiger partial charge on any atom is -0.497 e. The molecule has 0 unspecified atom stereocenters. The molecular formula is C25H22BrN5O4S. The number of hydrogen-bond acceptors (Lipinski definition) is 7. The maximum atomic E-state index is 12.6. The van der Waals surface area contributed by atoms with Gasteiger partial charge in [-0.15, -0.1) is 10.2 Å². The van der Waals surface area contributed by atoms with Gasteiger partial charge < -0.3 is 10.1 Å². The molecular weight excluding hydrogens is 546 g/mol. The van der Waals surface area contributed by atoms with Crippen molar-refractivity contribution in [2.24, 2.45) is 0 Å². The van der Waals surface area contributed by atoms with Crippen LogP contribution >= 0.6 is 27.7 Å². The molecule has 0 aliphatic heterocycles. The summed E-state index contributed by atoms with van der Waals surface area (Å²) in [5, 5.41) is 23.2. The second-order valence-corrected chi connectivity index (χ2v) is 9.58. The summed E-state index contributed by atoms with van der Waals surface area (Å²) < 4.78 is 7.96. The summed E-state index contributed by atoms with van der Waals surface area (Å²) in [4.78, 5) is 23.2. The number of carbonyl (C=O) groups is 1. The smallest absolute Gasteiger partial charge is 0.269 e. The van der Waals surface area contributed by atoms with Crippen molar-refractivity contribution in [2.45, 2.75) is 23.9 Å². The van der Waals surface area contributed by atoms with Crippen LogP contribution in [0.5, 0.6) is 5.75 Å². The zero-order chi connectivity index (χ0) is 25.5. The molecule has 0 aliphatic rings. The first kappa shape index (κ1) is 25.4. The van der Waals surface area contributed by atoms with Gasteiger partial charge in [-0.05, 0) is 47.5 Å². The molecule has 184 valence electrons. The number of nitro groups is 1. The molecule has 1 N–H and O–H groups in total. The highest BCUT2D eigenvalue weighted by Crippen LogP contribution is 2.27. The number of amides is 1. The first-order chi connectivity index (χ1) is 17.4.